The zero-order valence-corrected chi connectivity index (χ0v) is 13.6. The zero-order chi connectivity index (χ0) is 16.6. The third-order valence-corrected chi connectivity index (χ3v) is 4.64. The summed E-state index contributed by atoms with van der Waals surface area (Å²) in [6.07, 6.45) is 1.47. The maximum absolute atomic E-state index is 12.7. The summed E-state index contributed by atoms with van der Waals surface area (Å²) in [6, 6.07) is 7.73. The minimum atomic E-state index is -0.784. The number of nitrogens with zero attached hydrogens (tertiary/aromatic N) is 1. The van der Waals surface area contributed by atoms with Crippen LogP contribution in [0.4, 0.5) is 10.5 Å². The summed E-state index contributed by atoms with van der Waals surface area (Å²) < 4.78 is 0. The largest absolute Gasteiger partial charge is 0.335 e. The van der Waals surface area contributed by atoms with Crippen LogP contribution in [0, 0.1) is 6.92 Å². The summed E-state index contributed by atoms with van der Waals surface area (Å²) in [5.74, 6) is -1.37. The number of hydrogen-bond acceptors (Lipinski definition) is 4. The number of amides is 4. The van der Waals surface area contributed by atoms with Crippen molar-refractivity contribution in [3.8, 4) is 0 Å². The Labute approximate surface area is 141 Å². The molecule has 0 bridgehead atoms. The summed E-state index contributed by atoms with van der Waals surface area (Å²) in [5.41, 5.74) is 0.846. The van der Waals surface area contributed by atoms with E-state index in [1.54, 1.807) is 31.2 Å². The van der Waals surface area contributed by atoms with Gasteiger partial charge in [0, 0.05) is 9.90 Å². The van der Waals surface area contributed by atoms with E-state index in [1.165, 1.54) is 17.4 Å². The minimum Gasteiger partial charge on any atom is -0.273 e. The Bertz CT molecular complexity index is 843. The van der Waals surface area contributed by atoms with Gasteiger partial charge in [-0.1, -0.05) is 23.7 Å². The number of benzene rings is 1. The van der Waals surface area contributed by atoms with Gasteiger partial charge in [0.05, 0.1) is 5.69 Å². The number of hydrogen-bond donors (Lipinski definition) is 1. The van der Waals surface area contributed by atoms with Crippen molar-refractivity contribution in [3.63, 3.8) is 0 Å². The number of imide groups is 2. The molecule has 0 saturated carbocycles. The van der Waals surface area contributed by atoms with E-state index in [4.69, 9.17) is 11.6 Å². The SMILES string of the molecule is Cc1c(Cl)cccc1N1C(=O)NC(=O)/C(=C\c2cccs2)C1=O. The average Bonchev–Trinajstić information content (AvgIpc) is 3.01. The van der Waals surface area contributed by atoms with Crippen molar-refractivity contribution >= 4 is 52.5 Å². The van der Waals surface area contributed by atoms with E-state index in [1.807, 2.05) is 11.4 Å². The Morgan fingerprint density at radius 2 is 1.96 bits per heavy atom. The van der Waals surface area contributed by atoms with E-state index in [9.17, 15) is 14.4 Å². The zero-order valence-electron chi connectivity index (χ0n) is 12.0. The molecule has 23 heavy (non-hydrogen) atoms. The molecule has 2 heterocycles. The average molecular weight is 347 g/mol. The Morgan fingerprint density at radius 1 is 1.17 bits per heavy atom. The molecule has 0 atom stereocenters. The Kier molecular flexibility index (Phi) is 4.02. The number of halogens is 1. The standard InChI is InChI=1S/C16H11ClN2O3S/c1-9-12(17)5-2-6-13(9)19-15(21)11(14(20)18-16(19)22)8-10-4-3-7-23-10/h2-8H,1H3,(H,18,20,22)/b11-8+. The van der Waals surface area contributed by atoms with Gasteiger partial charge in [-0.05, 0) is 42.1 Å². The first-order chi connectivity index (χ1) is 11.0. The van der Waals surface area contributed by atoms with Gasteiger partial charge in [-0.15, -0.1) is 11.3 Å². The van der Waals surface area contributed by atoms with E-state index in [0.29, 0.717) is 16.3 Å². The second kappa shape index (κ2) is 5.98. The van der Waals surface area contributed by atoms with Gasteiger partial charge in [0.15, 0.2) is 0 Å². The van der Waals surface area contributed by atoms with E-state index in [-0.39, 0.29) is 5.57 Å². The maximum Gasteiger partial charge on any atom is 0.335 e. The van der Waals surface area contributed by atoms with E-state index in [0.717, 1.165) is 9.78 Å². The molecule has 2 aromatic rings. The Balaban J connectivity index is 2.07. The molecular weight excluding hydrogens is 336 g/mol. The molecule has 1 aliphatic heterocycles. The van der Waals surface area contributed by atoms with Crippen LogP contribution >= 0.6 is 22.9 Å². The van der Waals surface area contributed by atoms with Crippen LogP contribution in [-0.4, -0.2) is 17.8 Å². The fraction of sp³-hybridized carbons (Fsp3) is 0.0625. The first-order valence-electron chi connectivity index (χ1n) is 6.69. The van der Waals surface area contributed by atoms with Crippen molar-refractivity contribution in [2.24, 2.45) is 0 Å². The van der Waals surface area contributed by atoms with E-state index >= 15 is 0 Å². The Morgan fingerprint density at radius 3 is 2.65 bits per heavy atom. The summed E-state index contributed by atoms with van der Waals surface area (Å²) in [5, 5.41) is 4.46. The molecule has 4 amide bonds. The second-order valence-electron chi connectivity index (χ2n) is 4.86. The van der Waals surface area contributed by atoms with E-state index < -0.39 is 17.8 Å². The smallest absolute Gasteiger partial charge is 0.273 e. The molecule has 1 aliphatic rings. The number of carbonyl (C=O) groups excluding carboxylic acids is 3. The number of rotatable bonds is 2. The predicted octanol–water partition coefficient (Wildman–Crippen LogP) is 3.38. The highest BCUT2D eigenvalue weighted by Gasteiger charge is 2.37. The molecule has 1 aromatic heterocycles. The number of barbiturate groups is 1. The molecule has 0 unspecified atom stereocenters. The number of urea groups is 1. The van der Waals surface area contributed by atoms with Crippen LogP contribution in [-0.2, 0) is 9.59 Å². The van der Waals surface area contributed by atoms with Crippen LogP contribution in [0.1, 0.15) is 10.4 Å². The monoisotopic (exact) mass is 346 g/mol. The molecule has 0 radical (unpaired) electrons. The molecule has 7 heteroatoms. The minimum absolute atomic E-state index is 0.0913. The lowest BCUT2D eigenvalue weighted by atomic mass is 10.1. The molecule has 5 nitrogen and oxygen atoms in total. The van der Waals surface area contributed by atoms with Gasteiger partial charge in [-0.3, -0.25) is 14.9 Å². The van der Waals surface area contributed by atoms with Crippen LogP contribution in [0.15, 0.2) is 41.3 Å². The van der Waals surface area contributed by atoms with Crippen molar-refractivity contribution in [2.45, 2.75) is 6.92 Å². The highest BCUT2D eigenvalue weighted by Crippen LogP contribution is 2.29. The fourth-order valence-electron chi connectivity index (χ4n) is 2.23. The van der Waals surface area contributed by atoms with Crippen molar-refractivity contribution in [3.05, 3.63) is 56.7 Å². The first-order valence-corrected chi connectivity index (χ1v) is 7.95. The van der Waals surface area contributed by atoms with Crippen LogP contribution < -0.4 is 10.2 Å². The normalized spacial score (nSPS) is 16.9. The summed E-state index contributed by atoms with van der Waals surface area (Å²) >= 11 is 7.45. The van der Waals surface area contributed by atoms with Gasteiger partial charge in [0.2, 0.25) is 0 Å². The second-order valence-corrected chi connectivity index (χ2v) is 6.24. The van der Waals surface area contributed by atoms with E-state index in [2.05, 4.69) is 5.32 Å². The summed E-state index contributed by atoms with van der Waals surface area (Å²) in [4.78, 5) is 38.5. The highest BCUT2D eigenvalue weighted by molar-refractivity contribution is 7.10. The first kappa shape index (κ1) is 15.5. The molecule has 1 saturated heterocycles. The van der Waals surface area contributed by atoms with Crippen LogP contribution in [0.3, 0.4) is 0 Å². The molecular formula is C16H11ClN2O3S. The van der Waals surface area contributed by atoms with Crippen LogP contribution in [0.25, 0.3) is 6.08 Å². The van der Waals surface area contributed by atoms with Crippen molar-refractivity contribution in [1.82, 2.24) is 5.32 Å². The molecule has 116 valence electrons. The van der Waals surface area contributed by atoms with Crippen molar-refractivity contribution in [2.75, 3.05) is 4.90 Å². The number of anilines is 1. The number of nitrogens with one attached hydrogen (secondary N) is 1. The van der Waals surface area contributed by atoms with Gasteiger partial charge in [-0.25, -0.2) is 9.69 Å². The van der Waals surface area contributed by atoms with Gasteiger partial charge in [0.1, 0.15) is 5.57 Å². The molecule has 3 rings (SSSR count). The van der Waals surface area contributed by atoms with Gasteiger partial charge < -0.3 is 0 Å². The molecule has 1 fully saturated rings. The number of carbonyl (C=O) groups is 3. The lowest BCUT2D eigenvalue weighted by Gasteiger charge is -2.27. The maximum atomic E-state index is 12.7. The topological polar surface area (TPSA) is 66.5 Å². The lowest BCUT2D eigenvalue weighted by molar-refractivity contribution is -0.122. The van der Waals surface area contributed by atoms with Gasteiger partial charge >= 0.3 is 6.03 Å². The third-order valence-electron chi connectivity index (χ3n) is 3.41. The Hall–Kier alpha value is -2.44. The van der Waals surface area contributed by atoms with Gasteiger partial charge in [0.25, 0.3) is 11.8 Å². The summed E-state index contributed by atoms with van der Waals surface area (Å²) in [6.45, 7) is 1.71. The summed E-state index contributed by atoms with van der Waals surface area (Å²) in [7, 11) is 0. The quantitative estimate of drug-likeness (QED) is 0.669. The molecule has 0 aliphatic carbocycles. The van der Waals surface area contributed by atoms with Crippen molar-refractivity contribution < 1.29 is 14.4 Å². The molecule has 1 N–H and O–H groups in total. The van der Waals surface area contributed by atoms with Crippen LogP contribution in [0.5, 0.6) is 0 Å². The molecule has 0 spiro atoms. The predicted molar refractivity (Wildman–Crippen MR) is 89.5 cm³/mol. The van der Waals surface area contributed by atoms with Gasteiger partial charge in [-0.2, -0.15) is 0 Å². The number of thiophene rings is 1. The third kappa shape index (κ3) is 2.78. The fourth-order valence-corrected chi connectivity index (χ4v) is 3.06. The molecule has 1 aromatic carbocycles. The van der Waals surface area contributed by atoms with Crippen LogP contribution in [0.2, 0.25) is 5.02 Å². The lowest BCUT2D eigenvalue weighted by Crippen LogP contribution is -2.54. The van der Waals surface area contributed by atoms with Crippen molar-refractivity contribution in [1.29, 1.82) is 0 Å². The highest BCUT2D eigenvalue weighted by atomic mass is 35.5.